The molecule has 1 amide bonds. The summed E-state index contributed by atoms with van der Waals surface area (Å²) in [4.78, 5) is 26.4. The lowest BCUT2D eigenvalue weighted by molar-refractivity contribution is 0.0416. The van der Waals surface area contributed by atoms with Crippen LogP contribution in [0.2, 0.25) is 0 Å². The number of esters is 1. The first-order chi connectivity index (χ1) is 13.2. The molecule has 3 aromatic rings. The summed E-state index contributed by atoms with van der Waals surface area (Å²) >= 11 is 0. The van der Waals surface area contributed by atoms with Crippen LogP contribution in [0.3, 0.4) is 0 Å². The van der Waals surface area contributed by atoms with Gasteiger partial charge in [-0.25, -0.2) is 9.59 Å². The standard InChI is InChI=1S/C20H20N2O5/c1-2-26-19(23)18-15-7-6-14(27-20(24)21-9-11-25-12-10-21)13-17(15)22-8-4-3-5-16(18)22/h3-8,13H,2,9-12H2,1H3. The van der Waals surface area contributed by atoms with E-state index in [1.807, 2.05) is 28.8 Å². The van der Waals surface area contributed by atoms with Crippen molar-refractivity contribution in [2.75, 3.05) is 32.9 Å². The molecule has 1 aromatic carbocycles. The van der Waals surface area contributed by atoms with Crippen LogP contribution in [0.4, 0.5) is 4.79 Å². The van der Waals surface area contributed by atoms with E-state index in [9.17, 15) is 9.59 Å². The average molecular weight is 368 g/mol. The largest absolute Gasteiger partial charge is 0.462 e. The molecule has 0 bridgehead atoms. The maximum absolute atomic E-state index is 12.5. The molecule has 27 heavy (non-hydrogen) atoms. The van der Waals surface area contributed by atoms with E-state index in [2.05, 4.69) is 0 Å². The number of aromatic nitrogens is 1. The highest BCUT2D eigenvalue weighted by molar-refractivity contribution is 6.12. The molecule has 0 atom stereocenters. The normalized spacial score (nSPS) is 14.5. The Morgan fingerprint density at radius 1 is 1.11 bits per heavy atom. The number of fused-ring (bicyclic) bond motifs is 3. The molecule has 140 valence electrons. The minimum Gasteiger partial charge on any atom is -0.462 e. The third-order valence-electron chi connectivity index (χ3n) is 4.57. The Morgan fingerprint density at radius 2 is 1.93 bits per heavy atom. The van der Waals surface area contributed by atoms with Crippen LogP contribution in [0.5, 0.6) is 5.75 Å². The number of rotatable bonds is 3. The summed E-state index contributed by atoms with van der Waals surface area (Å²) in [5.74, 6) is 0.0620. The van der Waals surface area contributed by atoms with Gasteiger partial charge in [-0.1, -0.05) is 6.07 Å². The fraction of sp³-hybridized carbons (Fsp3) is 0.300. The lowest BCUT2D eigenvalue weighted by Crippen LogP contribution is -2.42. The Balaban J connectivity index is 1.73. The van der Waals surface area contributed by atoms with Crippen LogP contribution in [0.1, 0.15) is 17.3 Å². The van der Waals surface area contributed by atoms with Crippen molar-refractivity contribution in [1.29, 1.82) is 0 Å². The number of carbonyl (C=O) groups is 2. The number of pyridine rings is 1. The molecule has 1 saturated heterocycles. The van der Waals surface area contributed by atoms with Crippen LogP contribution in [0.15, 0.2) is 42.6 Å². The van der Waals surface area contributed by atoms with Crippen molar-refractivity contribution in [2.45, 2.75) is 6.92 Å². The minimum atomic E-state index is -0.399. The summed E-state index contributed by atoms with van der Waals surface area (Å²) in [5, 5.41) is 0.755. The van der Waals surface area contributed by atoms with Crippen molar-refractivity contribution in [1.82, 2.24) is 9.30 Å². The predicted octanol–water partition coefficient (Wildman–Crippen LogP) is 3.10. The van der Waals surface area contributed by atoms with E-state index in [0.29, 0.717) is 44.2 Å². The average Bonchev–Trinajstić information content (AvgIpc) is 3.03. The highest BCUT2D eigenvalue weighted by atomic mass is 16.6. The number of hydrogen-bond donors (Lipinski definition) is 0. The lowest BCUT2D eigenvalue weighted by Gasteiger charge is -2.25. The zero-order chi connectivity index (χ0) is 18.8. The molecule has 3 heterocycles. The molecule has 2 aromatic heterocycles. The summed E-state index contributed by atoms with van der Waals surface area (Å²) in [6.07, 6.45) is 1.47. The number of amides is 1. The van der Waals surface area contributed by atoms with E-state index in [0.717, 1.165) is 16.4 Å². The quantitative estimate of drug-likeness (QED) is 0.665. The molecule has 4 rings (SSSR count). The van der Waals surface area contributed by atoms with Gasteiger partial charge in [0.2, 0.25) is 0 Å². The minimum absolute atomic E-state index is 0.305. The Bertz CT molecular complexity index is 1000. The van der Waals surface area contributed by atoms with E-state index >= 15 is 0 Å². The van der Waals surface area contributed by atoms with E-state index in [1.54, 1.807) is 30.0 Å². The number of benzene rings is 1. The lowest BCUT2D eigenvalue weighted by atomic mass is 10.1. The van der Waals surface area contributed by atoms with Gasteiger partial charge in [-0.2, -0.15) is 0 Å². The second kappa shape index (κ2) is 7.28. The number of carbonyl (C=O) groups excluding carboxylic acids is 2. The monoisotopic (exact) mass is 368 g/mol. The third-order valence-corrected chi connectivity index (χ3v) is 4.57. The third kappa shape index (κ3) is 3.21. The molecule has 7 heteroatoms. The van der Waals surface area contributed by atoms with Gasteiger partial charge in [-0.15, -0.1) is 0 Å². The van der Waals surface area contributed by atoms with Crippen molar-refractivity contribution in [3.8, 4) is 5.75 Å². The molecule has 1 fully saturated rings. The van der Waals surface area contributed by atoms with Gasteiger partial charge in [0.25, 0.3) is 0 Å². The first-order valence-corrected chi connectivity index (χ1v) is 8.93. The zero-order valence-corrected chi connectivity index (χ0v) is 15.0. The van der Waals surface area contributed by atoms with Gasteiger partial charge in [0, 0.05) is 30.7 Å². The van der Waals surface area contributed by atoms with E-state index in [1.165, 1.54) is 0 Å². The zero-order valence-electron chi connectivity index (χ0n) is 15.0. The smallest absolute Gasteiger partial charge is 0.415 e. The topological polar surface area (TPSA) is 69.5 Å². The van der Waals surface area contributed by atoms with Crippen molar-refractivity contribution in [3.63, 3.8) is 0 Å². The van der Waals surface area contributed by atoms with Gasteiger partial charge < -0.3 is 23.5 Å². The van der Waals surface area contributed by atoms with Gasteiger partial charge in [0.1, 0.15) is 5.75 Å². The fourth-order valence-corrected chi connectivity index (χ4v) is 3.31. The van der Waals surface area contributed by atoms with Crippen LogP contribution in [0, 0.1) is 0 Å². The Kier molecular flexibility index (Phi) is 4.68. The Labute approximate surface area is 156 Å². The highest BCUT2D eigenvalue weighted by Crippen LogP contribution is 2.30. The highest BCUT2D eigenvalue weighted by Gasteiger charge is 2.22. The second-order valence-electron chi connectivity index (χ2n) is 6.20. The van der Waals surface area contributed by atoms with E-state index in [-0.39, 0.29) is 5.97 Å². The van der Waals surface area contributed by atoms with Crippen molar-refractivity contribution in [3.05, 3.63) is 48.2 Å². The summed E-state index contributed by atoms with van der Waals surface area (Å²) in [6.45, 7) is 4.15. The maximum atomic E-state index is 12.5. The summed E-state index contributed by atoms with van der Waals surface area (Å²) in [6, 6.07) is 10.9. The number of nitrogens with zero attached hydrogens (tertiary/aromatic N) is 2. The maximum Gasteiger partial charge on any atom is 0.415 e. The Morgan fingerprint density at radius 3 is 2.70 bits per heavy atom. The SMILES string of the molecule is CCOC(=O)c1c2ccc(OC(=O)N3CCOCC3)cc2n2ccccc12. The summed E-state index contributed by atoms with van der Waals surface area (Å²) in [5.41, 5.74) is 2.04. The van der Waals surface area contributed by atoms with Crippen LogP contribution >= 0.6 is 0 Å². The van der Waals surface area contributed by atoms with Gasteiger partial charge in [0.15, 0.2) is 0 Å². The molecule has 0 unspecified atom stereocenters. The fourth-order valence-electron chi connectivity index (χ4n) is 3.31. The molecular formula is C20H20N2O5. The summed E-state index contributed by atoms with van der Waals surface area (Å²) in [7, 11) is 0. The molecule has 7 nitrogen and oxygen atoms in total. The molecule has 0 saturated carbocycles. The van der Waals surface area contributed by atoms with Crippen molar-refractivity contribution in [2.24, 2.45) is 0 Å². The molecule has 0 aliphatic carbocycles. The molecular weight excluding hydrogens is 348 g/mol. The van der Waals surface area contributed by atoms with Crippen LogP contribution in [0.25, 0.3) is 16.4 Å². The number of ether oxygens (including phenoxy) is 3. The van der Waals surface area contributed by atoms with Gasteiger partial charge in [0.05, 0.1) is 36.4 Å². The number of morpholine rings is 1. The number of hydrogen-bond acceptors (Lipinski definition) is 5. The van der Waals surface area contributed by atoms with Gasteiger partial charge in [-0.3, -0.25) is 0 Å². The van der Waals surface area contributed by atoms with Crippen LogP contribution in [-0.2, 0) is 9.47 Å². The molecule has 0 N–H and O–H groups in total. The Hall–Kier alpha value is -3.06. The predicted molar refractivity (Wildman–Crippen MR) is 99.3 cm³/mol. The summed E-state index contributed by atoms with van der Waals surface area (Å²) < 4.78 is 17.9. The van der Waals surface area contributed by atoms with Crippen molar-refractivity contribution < 1.29 is 23.8 Å². The molecule has 0 spiro atoms. The second-order valence-corrected chi connectivity index (χ2v) is 6.20. The first-order valence-electron chi connectivity index (χ1n) is 8.93. The van der Waals surface area contributed by atoms with Crippen LogP contribution in [-0.4, -0.2) is 54.3 Å². The van der Waals surface area contributed by atoms with E-state index < -0.39 is 6.09 Å². The van der Waals surface area contributed by atoms with E-state index in [4.69, 9.17) is 14.2 Å². The molecule has 0 radical (unpaired) electrons. The van der Waals surface area contributed by atoms with Crippen molar-refractivity contribution >= 4 is 28.5 Å². The molecule has 1 aliphatic heterocycles. The molecule has 1 aliphatic rings. The van der Waals surface area contributed by atoms with Gasteiger partial charge >= 0.3 is 12.1 Å². The first kappa shape index (κ1) is 17.4. The van der Waals surface area contributed by atoms with Gasteiger partial charge in [-0.05, 0) is 31.2 Å². The van der Waals surface area contributed by atoms with Crippen LogP contribution < -0.4 is 4.74 Å².